The number of ether oxygens (including phenoxy) is 3. The number of fused-ring (bicyclic) bond motifs is 1. The molecule has 6 nitrogen and oxygen atoms in total. The van der Waals surface area contributed by atoms with Crippen LogP contribution in [0.25, 0.3) is 0 Å². The highest BCUT2D eigenvalue weighted by Gasteiger charge is 2.29. The minimum atomic E-state index is -0.842. The summed E-state index contributed by atoms with van der Waals surface area (Å²) in [5.74, 6) is 0.272. The number of hydrogen-bond acceptors (Lipinski definition) is 5. The van der Waals surface area contributed by atoms with Gasteiger partial charge in [0.2, 0.25) is 6.10 Å². The number of carbonyl (C=O) groups is 2. The van der Waals surface area contributed by atoms with Gasteiger partial charge in [-0.1, -0.05) is 37.8 Å². The van der Waals surface area contributed by atoms with Gasteiger partial charge >= 0.3 is 5.97 Å². The molecular formula is C18H23NO5. The Morgan fingerprint density at radius 1 is 1.08 bits per heavy atom. The van der Waals surface area contributed by atoms with Crippen LogP contribution in [0, 0.1) is 0 Å². The lowest BCUT2D eigenvalue weighted by atomic mass is 10.1. The predicted octanol–water partition coefficient (Wildman–Crippen LogP) is 2.21. The van der Waals surface area contributed by atoms with Gasteiger partial charge in [0.1, 0.15) is 6.61 Å². The molecule has 1 atom stereocenters. The molecule has 0 spiro atoms. The summed E-state index contributed by atoms with van der Waals surface area (Å²) in [6.07, 6.45) is 5.87. The van der Waals surface area contributed by atoms with E-state index in [0.29, 0.717) is 11.5 Å². The molecule has 1 N–H and O–H groups in total. The van der Waals surface area contributed by atoms with Crippen LogP contribution >= 0.6 is 0 Å². The highest BCUT2D eigenvalue weighted by atomic mass is 16.6. The molecule has 0 saturated heterocycles. The minimum Gasteiger partial charge on any atom is -0.485 e. The first-order valence-electron chi connectivity index (χ1n) is 8.57. The third kappa shape index (κ3) is 4.40. The molecule has 0 aromatic heterocycles. The molecule has 0 radical (unpaired) electrons. The molecular weight excluding hydrogens is 310 g/mol. The van der Waals surface area contributed by atoms with Crippen LogP contribution in [0.3, 0.4) is 0 Å². The largest absolute Gasteiger partial charge is 0.485 e. The molecule has 1 aliphatic heterocycles. The van der Waals surface area contributed by atoms with Crippen LogP contribution in [0.2, 0.25) is 0 Å². The summed E-state index contributed by atoms with van der Waals surface area (Å²) in [6.45, 7) is -0.197. The molecule has 3 rings (SSSR count). The number of hydrogen-bond donors (Lipinski definition) is 1. The van der Waals surface area contributed by atoms with Crippen LogP contribution in [0.15, 0.2) is 24.3 Å². The highest BCUT2D eigenvalue weighted by molar-refractivity contribution is 5.82. The topological polar surface area (TPSA) is 73.9 Å². The number of benzene rings is 1. The molecule has 130 valence electrons. The quantitative estimate of drug-likeness (QED) is 0.675. The summed E-state index contributed by atoms with van der Waals surface area (Å²) in [6, 6.07) is 7.33. The molecule has 2 aliphatic rings. The van der Waals surface area contributed by atoms with Crippen LogP contribution in [0.4, 0.5) is 0 Å². The number of nitrogens with one attached hydrogen (secondary N) is 1. The van der Waals surface area contributed by atoms with E-state index in [1.54, 1.807) is 18.2 Å². The lowest BCUT2D eigenvalue weighted by molar-refractivity contribution is -0.157. The van der Waals surface area contributed by atoms with E-state index in [1.807, 2.05) is 6.07 Å². The fourth-order valence-electron chi connectivity index (χ4n) is 3.06. The number of amides is 1. The van der Waals surface area contributed by atoms with Crippen molar-refractivity contribution in [3.8, 4) is 11.5 Å². The van der Waals surface area contributed by atoms with Gasteiger partial charge in [-0.25, -0.2) is 4.79 Å². The molecule has 24 heavy (non-hydrogen) atoms. The third-order valence-electron chi connectivity index (χ3n) is 4.34. The molecule has 1 amide bonds. The molecule has 1 unspecified atom stereocenters. The third-order valence-corrected chi connectivity index (χ3v) is 4.34. The van der Waals surface area contributed by atoms with Gasteiger partial charge in [-0.15, -0.1) is 0 Å². The maximum atomic E-state index is 12.1. The summed E-state index contributed by atoms with van der Waals surface area (Å²) < 4.78 is 16.1. The van der Waals surface area contributed by atoms with Crippen molar-refractivity contribution in [3.63, 3.8) is 0 Å². The van der Waals surface area contributed by atoms with E-state index in [4.69, 9.17) is 14.2 Å². The monoisotopic (exact) mass is 333 g/mol. The Hall–Kier alpha value is -2.24. The van der Waals surface area contributed by atoms with E-state index in [0.717, 1.165) is 25.7 Å². The van der Waals surface area contributed by atoms with Crippen molar-refractivity contribution in [2.75, 3.05) is 13.2 Å². The smallest absolute Gasteiger partial charge is 0.351 e. The van der Waals surface area contributed by atoms with Gasteiger partial charge in [-0.3, -0.25) is 4.79 Å². The van der Waals surface area contributed by atoms with Gasteiger partial charge in [0.25, 0.3) is 5.91 Å². The minimum absolute atomic E-state index is 0.0834. The summed E-state index contributed by atoms with van der Waals surface area (Å²) in [5.41, 5.74) is 0. The molecule has 0 bridgehead atoms. The fraction of sp³-hybridized carbons (Fsp3) is 0.556. The maximum Gasteiger partial charge on any atom is 0.351 e. The van der Waals surface area contributed by atoms with Gasteiger partial charge in [-0.2, -0.15) is 0 Å². The first kappa shape index (κ1) is 16.6. The number of para-hydroxylation sites is 2. The lowest BCUT2D eigenvalue weighted by Crippen LogP contribution is -2.41. The standard InChI is InChI=1S/C18H23NO5/c20-17(19-13-7-3-1-2-4-8-13)12-23-18(21)16-11-22-14-9-5-6-10-15(14)24-16/h5-6,9-10,13,16H,1-4,7-8,11-12H2,(H,19,20). The van der Waals surface area contributed by atoms with Gasteiger partial charge in [-0.05, 0) is 25.0 Å². The van der Waals surface area contributed by atoms with Gasteiger partial charge < -0.3 is 19.5 Å². The Balaban J connectivity index is 1.43. The van der Waals surface area contributed by atoms with Gasteiger partial charge in [0.15, 0.2) is 18.1 Å². The second-order valence-corrected chi connectivity index (χ2v) is 6.23. The molecule has 1 aromatic rings. The number of rotatable bonds is 4. The van der Waals surface area contributed by atoms with Crippen LogP contribution in [-0.4, -0.2) is 37.2 Å². The average Bonchev–Trinajstić information content (AvgIpc) is 2.88. The van der Waals surface area contributed by atoms with E-state index in [-0.39, 0.29) is 25.2 Å². The second-order valence-electron chi connectivity index (χ2n) is 6.23. The van der Waals surface area contributed by atoms with E-state index in [1.165, 1.54) is 12.8 Å². The van der Waals surface area contributed by atoms with Crippen LogP contribution < -0.4 is 14.8 Å². The molecule has 1 aromatic carbocycles. The zero-order valence-corrected chi connectivity index (χ0v) is 13.7. The van der Waals surface area contributed by atoms with E-state index >= 15 is 0 Å². The zero-order chi connectivity index (χ0) is 16.8. The Labute approximate surface area is 141 Å². The first-order valence-corrected chi connectivity index (χ1v) is 8.57. The van der Waals surface area contributed by atoms with Gasteiger partial charge in [0.05, 0.1) is 0 Å². The van der Waals surface area contributed by atoms with Crippen molar-refractivity contribution in [2.24, 2.45) is 0 Å². The van der Waals surface area contributed by atoms with Crippen molar-refractivity contribution in [2.45, 2.75) is 50.7 Å². The molecule has 1 saturated carbocycles. The Kier molecular flexibility index (Phi) is 5.56. The summed E-state index contributed by atoms with van der Waals surface area (Å²) in [4.78, 5) is 24.0. The predicted molar refractivity (Wildman–Crippen MR) is 86.9 cm³/mol. The first-order chi connectivity index (χ1) is 11.7. The number of carbonyl (C=O) groups excluding carboxylic acids is 2. The Bertz CT molecular complexity index is 581. The van der Waals surface area contributed by atoms with E-state index in [9.17, 15) is 9.59 Å². The summed E-state index contributed by atoms with van der Waals surface area (Å²) in [7, 11) is 0. The Morgan fingerprint density at radius 3 is 2.54 bits per heavy atom. The normalized spacial score (nSPS) is 20.8. The van der Waals surface area contributed by atoms with Crippen LogP contribution in [0.1, 0.15) is 38.5 Å². The second kappa shape index (κ2) is 8.04. The van der Waals surface area contributed by atoms with Crippen LogP contribution in [-0.2, 0) is 14.3 Å². The summed E-state index contributed by atoms with van der Waals surface area (Å²) >= 11 is 0. The summed E-state index contributed by atoms with van der Waals surface area (Å²) in [5, 5.41) is 2.94. The molecule has 1 aliphatic carbocycles. The van der Waals surface area contributed by atoms with Gasteiger partial charge in [0, 0.05) is 6.04 Å². The lowest BCUT2D eigenvalue weighted by Gasteiger charge is -2.25. The maximum absolute atomic E-state index is 12.1. The van der Waals surface area contributed by atoms with Crippen molar-refractivity contribution >= 4 is 11.9 Å². The highest BCUT2D eigenvalue weighted by Crippen LogP contribution is 2.31. The molecule has 1 fully saturated rings. The van der Waals surface area contributed by atoms with E-state index < -0.39 is 12.1 Å². The van der Waals surface area contributed by atoms with Crippen molar-refractivity contribution in [3.05, 3.63) is 24.3 Å². The zero-order valence-electron chi connectivity index (χ0n) is 13.7. The average molecular weight is 333 g/mol. The van der Waals surface area contributed by atoms with Crippen molar-refractivity contribution in [1.29, 1.82) is 0 Å². The Morgan fingerprint density at radius 2 is 1.79 bits per heavy atom. The number of esters is 1. The van der Waals surface area contributed by atoms with Crippen molar-refractivity contribution < 1.29 is 23.8 Å². The van der Waals surface area contributed by atoms with Crippen LogP contribution in [0.5, 0.6) is 11.5 Å². The van der Waals surface area contributed by atoms with E-state index in [2.05, 4.69) is 5.32 Å². The van der Waals surface area contributed by atoms with Crippen molar-refractivity contribution in [1.82, 2.24) is 5.32 Å². The molecule has 6 heteroatoms. The fourth-order valence-corrected chi connectivity index (χ4v) is 3.06. The SMILES string of the molecule is O=C(COC(=O)C1COc2ccccc2O1)NC1CCCCCC1. The molecule has 1 heterocycles.